The summed E-state index contributed by atoms with van der Waals surface area (Å²) in [5.41, 5.74) is 7.00. The van der Waals surface area contributed by atoms with Gasteiger partial charge in [0.05, 0.1) is 11.1 Å². The summed E-state index contributed by atoms with van der Waals surface area (Å²) in [4.78, 5) is 11.5. The van der Waals surface area contributed by atoms with Crippen LogP contribution in [0.5, 0.6) is 5.75 Å². The Hall–Kier alpha value is -2.82. The molecule has 3 rings (SSSR count). The lowest BCUT2D eigenvalue weighted by atomic mass is 10.1. The van der Waals surface area contributed by atoms with Crippen molar-refractivity contribution in [1.82, 2.24) is 4.57 Å². The molecule has 0 aliphatic heterocycles. The van der Waals surface area contributed by atoms with Crippen LogP contribution in [0.25, 0.3) is 16.6 Å². The summed E-state index contributed by atoms with van der Waals surface area (Å²) in [7, 11) is 0. The Bertz CT molecular complexity index is 807. The number of hydrogen-bond acceptors (Lipinski definition) is 2. The number of rotatable bonds is 2. The van der Waals surface area contributed by atoms with Crippen LogP contribution in [0.3, 0.4) is 0 Å². The molecule has 1 amide bonds. The first kappa shape index (κ1) is 12.2. The number of hydrogen-bond donors (Lipinski definition) is 2. The molecule has 0 fully saturated rings. The Labute approximate surface area is 113 Å². The largest absolute Gasteiger partial charge is 0.508 e. The minimum Gasteiger partial charge on any atom is -0.508 e. The summed E-state index contributed by atoms with van der Waals surface area (Å²) < 4.78 is 15.1. The SMILES string of the molecule is NC(=O)c1cn(-c2ccc(O)cc2)c2ccc(F)cc12. The normalized spacial score (nSPS) is 10.8. The molecule has 1 heterocycles. The third-order valence-electron chi connectivity index (χ3n) is 3.16. The summed E-state index contributed by atoms with van der Waals surface area (Å²) in [6, 6.07) is 10.7. The predicted octanol–water partition coefficient (Wildman–Crippen LogP) is 2.57. The molecule has 0 spiro atoms. The second-order valence-electron chi connectivity index (χ2n) is 4.45. The highest BCUT2D eigenvalue weighted by molar-refractivity contribution is 6.06. The molecule has 0 saturated carbocycles. The van der Waals surface area contributed by atoms with Gasteiger partial charge in [-0.05, 0) is 42.5 Å². The maximum Gasteiger partial charge on any atom is 0.250 e. The van der Waals surface area contributed by atoms with E-state index in [9.17, 15) is 14.3 Å². The molecule has 0 atom stereocenters. The molecule has 3 N–H and O–H groups in total. The monoisotopic (exact) mass is 270 g/mol. The smallest absolute Gasteiger partial charge is 0.250 e. The third kappa shape index (κ3) is 1.89. The number of amides is 1. The zero-order chi connectivity index (χ0) is 14.3. The molecule has 0 bridgehead atoms. The quantitative estimate of drug-likeness (QED) is 0.751. The molecule has 5 heteroatoms. The van der Waals surface area contributed by atoms with Crippen molar-refractivity contribution < 1.29 is 14.3 Å². The van der Waals surface area contributed by atoms with Crippen LogP contribution >= 0.6 is 0 Å². The highest BCUT2D eigenvalue weighted by Crippen LogP contribution is 2.26. The minimum atomic E-state index is -0.613. The van der Waals surface area contributed by atoms with Crippen LogP contribution in [0.15, 0.2) is 48.7 Å². The second kappa shape index (κ2) is 4.38. The summed E-state index contributed by atoms with van der Waals surface area (Å²) in [6.45, 7) is 0. The lowest BCUT2D eigenvalue weighted by Gasteiger charge is -2.05. The lowest BCUT2D eigenvalue weighted by Crippen LogP contribution is -2.10. The maximum atomic E-state index is 13.4. The first-order valence-electron chi connectivity index (χ1n) is 5.96. The van der Waals surface area contributed by atoms with E-state index < -0.39 is 11.7 Å². The Morgan fingerprint density at radius 1 is 1.15 bits per heavy atom. The van der Waals surface area contributed by atoms with Gasteiger partial charge in [-0.1, -0.05) is 0 Å². The first-order valence-corrected chi connectivity index (χ1v) is 5.96. The molecule has 0 radical (unpaired) electrons. The number of phenolic OH excluding ortho intramolecular Hbond substituents is 1. The molecule has 0 aliphatic carbocycles. The van der Waals surface area contributed by atoms with Gasteiger partial charge in [0.1, 0.15) is 11.6 Å². The van der Waals surface area contributed by atoms with Gasteiger partial charge in [-0.15, -0.1) is 0 Å². The number of benzene rings is 2. The van der Waals surface area contributed by atoms with E-state index in [4.69, 9.17) is 5.73 Å². The van der Waals surface area contributed by atoms with Crippen molar-refractivity contribution in [2.45, 2.75) is 0 Å². The number of carbonyl (C=O) groups excluding carboxylic acids is 1. The van der Waals surface area contributed by atoms with Crippen molar-refractivity contribution in [1.29, 1.82) is 0 Å². The van der Waals surface area contributed by atoms with Crippen molar-refractivity contribution >= 4 is 16.8 Å². The summed E-state index contributed by atoms with van der Waals surface area (Å²) in [5.74, 6) is -0.895. The second-order valence-corrected chi connectivity index (χ2v) is 4.45. The summed E-state index contributed by atoms with van der Waals surface area (Å²) in [6.07, 6.45) is 1.57. The van der Waals surface area contributed by atoms with Crippen molar-refractivity contribution in [3.8, 4) is 11.4 Å². The molecule has 2 aromatic carbocycles. The molecule has 0 unspecified atom stereocenters. The minimum absolute atomic E-state index is 0.145. The van der Waals surface area contributed by atoms with Gasteiger partial charge >= 0.3 is 0 Å². The van der Waals surface area contributed by atoms with Gasteiger partial charge in [-0.25, -0.2) is 4.39 Å². The molecule has 0 saturated heterocycles. The average Bonchev–Trinajstić information content (AvgIpc) is 2.78. The molecule has 20 heavy (non-hydrogen) atoms. The number of carbonyl (C=O) groups is 1. The van der Waals surface area contributed by atoms with Gasteiger partial charge in [-0.2, -0.15) is 0 Å². The van der Waals surface area contributed by atoms with Crippen LogP contribution in [0.4, 0.5) is 4.39 Å². The fourth-order valence-corrected chi connectivity index (χ4v) is 2.23. The maximum absolute atomic E-state index is 13.4. The van der Waals surface area contributed by atoms with Crippen LogP contribution in [-0.2, 0) is 0 Å². The average molecular weight is 270 g/mol. The predicted molar refractivity (Wildman–Crippen MR) is 73.4 cm³/mol. The fourth-order valence-electron chi connectivity index (χ4n) is 2.23. The third-order valence-corrected chi connectivity index (χ3v) is 3.16. The zero-order valence-electron chi connectivity index (χ0n) is 10.4. The van der Waals surface area contributed by atoms with E-state index in [-0.39, 0.29) is 11.3 Å². The number of fused-ring (bicyclic) bond motifs is 1. The van der Waals surface area contributed by atoms with E-state index in [2.05, 4.69) is 0 Å². The molecule has 3 aromatic rings. The molecule has 1 aromatic heterocycles. The van der Waals surface area contributed by atoms with Crippen molar-refractivity contribution in [2.24, 2.45) is 5.73 Å². The van der Waals surface area contributed by atoms with E-state index in [0.717, 1.165) is 5.69 Å². The van der Waals surface area contributed by atoms with Crippen LogP contribution in [0, 0.1) is 5.82 Å². The highest BCUT2D eigenvalue weighted by Gasteiger charge is 2.14. The molecular formula is C15H11FN2O2. The number of halogens is 1. The topological polar surface area (TPSA) is 68.2 Å². The van der Waals surface area contributed by atoms with Gasteiger partial charge in [0.2, 0.25) is 0 Å². The van der Waals surface area contributed by atoms with Crippen molar-refractivity contribution in [2.75, 3.05) is 0 Å². The summed E-state index contributed by atoms with van der Waals surface area (Å²) >= 11 is 0. The van der Waals surface area contributed by atoms with E-state index in [1.165, 1.54) is 24.3 Å². The van der Waals surface area contributed by atoms with Crippen LogP contribution in [0.2, 0.25) is 0 Å². The Morgan fingerprint density at radius 2 is 1.85 bits per heavy atom. The Balaban J connectivity index is 2.31. The lowest BCUT2D eigenvalue weighted by molar-refractivity contribution is 0.100. The van der Waals surface area contributed by atoms with Gasteiger partial charge in [0.25, 0.3) is 5.91 Å². The Morgan fingerprint density at radius 3 is 2.50 bits per heavy atom. The van der Waals surface area contributed by atoms with Gasteiger partial charge in [-0.3, -0.25) is 4.79 Å². The molecular weight excluding hydrogens is 259 g/mol. The van der Waals surface area contributed by atoms with E-state index in [1.54, 1.807) is 29.0 Å². The zero-order valence-corrected chi connectivity index (χ0v) is 10.4. The van der Waals surface area contributed by atoms with Gasteiger partial charge < -0.3 is 15.4 Å². The van der Waals surface area contributed by atoms with Gasteiger partial charge in [0, 0.05) is 17.3 Å². The van der Waals surface area contributed by atoms with Gasteiger partial charge in [0.15, 0.2) is 0 Å². The summed E-state index contributed by atoms with van der Waals surface area (Å²) in [5, 5.41) is 9.78. The highest BCUT2D eigenvalue weighted by atomic mass is 19.1. The van der Waals surface area contributed by atoms with Crippen LogP contribution in [0.1, 0.15) is 10.4 Å². The van der Waals surface area contributed by atoms with Crippen LogP contribution in [-0.4, -0.2) is 15.6 Å². The number of nitrogens with two attached hydrogens (primary N) is 1. The fraction of sp³-hybridized carbons (Fsp3) is 0. The van der Waals surface area contributed by atoms with E-state index in [0.29, 0.717) is 10.9 Å². The number of phenols is 1. The van der Waals surface area contributed by atoms with E-state index >= 15 is 0 Å². The van der Waals surface area contributed by atoms with Crippen molar-refractivity contribution in [3.63, 3.8) is 0 Å². The molecule has 0 aliphatic rings. The van der Waals surface area contributed by atoms with E-state index in [1.807, 2.05) is 0 Å². The van der Waals surface area contributed by atoms with Crippen LogP contribution < -0.4 is 5.73 Å². The molecule has 100 valence electrons. The number of nitrogens with zero attached hydrogens (tertiary/aromatic N) is 1. The molecule has 4 nitrogen and oxygen atoms in total. The first-order chi connectivity index (χ1) is 9.56. The Kier molecular flexibility index (Phi) is 2.68. The standard InChI is InChI=1S/C15H11FN2O2/c16-9-1-6-14-12(7-9)13(15(17)20)8-18(14)10-2-4-11(19)5-3-10/h1-8,19H,(H2,17,20). The number of primary amides is 1. The number of aromatic nitrogens is 1. The van der Waals surface area contributed by atoms with Crippen molar-refractivity contribution in [3.05, 3.63) is 60.0 Å². The number of aromatic hydroxyl groups is 1.